The van der Waals surface area contributed by atoms with Gasteiger partial charge in [-0.05, 0) is 29.8 Å². The fraction of sp³-hybridized carbons (Fsp3) is 0.100. The predicted molar refractivity (Wildman–Crippen MR) is 107 cm³/mol. The number of nitrogens with one attached hydrogen (secondary N) is 3. The number of hydrogen-bond donors (Lipinski definition) is 3. The van der Waals surface area contributed by atoms with Gasteiger partial charge in [0.05, 0.1) is 23.3 Å². The van der Waals surface area contributed by atoms with E-state index in [2.05, 4.69) is 25.6 Å². The number of amides is 2. The highest BCUT2D eigenvalue weighted by atomic mass is 35.5. The lowest BCUT2D eigenvalue weighted by Gasteiger charge is -2.05. The van der Waals surface area contributed by atoms with E-state index in [9.17, 15) is 23.2 Å². The molecule has 2 aromatic carbocycles. The summed E-state index contributed by atoms with van der Waals surface area (Å²) in [5.41, 5.74) is 0.818. The highest BCUT2D eigenvalue weighted by Crippen LogP contribution is 2.21. The first kappa shape index (κ1) is 21.9. The maximum atomic E-state index is 13.4. The number of halogens is 3. The molecule has 0 fully saturated rings. The van der Waals surface area contributed by atoms with Crippen molar-refractivity contribution in [1.29, 1.82) is 0 Å². The molecule has 2 amide bonds. The Labute approximate surface area is 179 Å². The molecule has 11 heteroatoms. The molecule has 0 aliphatic rings. The summed E-state index contributed by atoms with van der Waals surface area (Å²) in [6, 6.07) is 9.08. The first-order chi connectivity index (χ1) is 14.8. The molecule has 0 spiro atoms. The fourth-order valence-corrected chi connectivity index (χ4v) is 2.77. The van der Waals surface area contributed by atoms with Gasteiger partial charge < -0.3 is 15.4 Å². The van der Waals surface area contributed by atoms with Gasteiger partial charge >= 0.3 is 5.97 Å². The number of hydrogen-bond acceptors (Lipinski definition) is 5. The van der Waals surface area contributed by atoms with Crippen molar-refractivity contribution in [2.45, 2.75) is 6.54 Å². The van der Waals surface area contributed by atoms with Crippen LogP contribution >= 0.6 is 11.6 Å². The molecule has 0 bridgehead atoms. The van der Waals surface area contributed by atoms with Crippen molar-refractivity contribution in [2.75, 3.05) is 12.4 Å². The Morgan fingerprint density at radius 1 is 1.06 bits per heavy atom. The van der Waals surface area contributed by atoms with Gasteiger partial charge in [-0.3, -0.25) is 14.7 Å². The van der Waals surface area contributed by atoms with Crippen molar-refractivity contribution in [2.24, 2.45) is 0 Å². The van der Waals surface area contributed by atoms with Crippen LogP contribution in [-0.2, 0) is 11.3 Å². The van der Waals surface area contributed by atoms with Crippen LogP contribution in [0.3, 0.4) is 0 Å². The third-order valence-corrected chi connectivity index (χ3v) is 4.45. The van der Waals surface area contributed by atoms with Crippen molar-refractivity contribution < 1.29 is 27.9 Å². The molecular formula is C20H15ClF2N4O4. The van der Waals surface area contributed by atoms with E-state index in [1.807, 2.05) is 0 Å². The third kappa shape index (κ3) is 5.23. The summed E-state index contributed by atoms with van der Waals surface area (Å²) in [6.07, 6.45) is 0. The zero-order chi connectivity index (χ0) is 22.5. The molecule has 3 rings (SSSR count). The van der Waals surface area contributed by atoms with Crippen molar-refractivity contribution in [3.05, 3.63) is 81.5 Å². The first-order valence-electron chi connectivity index (χ1n) is 8.75. The first-order valence-corrected chi connectivity index (χ1v) is 9.13. The standard InChI is InChI=1S/C20H15ClF2N4O4/c1-31-20(30)11-4-2-10(3-5-11)9-24-19(29)16-8-17(27-26-16)25-18(28)12-6-14(22)15(23)7-13(12)21/h2-8H,9H2,1H3,(H,24,29)(H2,25,26,27,28). The van der Waals surface area contributed by atoms with Gasteiger partial charge in [0, 0.05) is 12.6 Å². The van der Waals surface area contributed by atoms with Gasteiger partial charge in [0.2, 0.25) is 0 Å². The number of methoxy groups -OCH3 is 1. The second-order valence-electron chi connectivity index (χ2n) is 6.24. The molecule has 0 saturated heterocycles. The Morgan fingerprint density at radius 2 is 1.74 bits per heavy atom. The van der Waals surface area contributed by atoms with Crippen molar-refractivity contribution in [3.63, 3.8) is 0 Å². The van der Waals surface area contributed by atoms with Crippen LogP contribution in [0.5, 0.6) is 0 Å². The molecule has 1 aromatic heterocycles. The van der Waals surface area contributed by atoms with Crippen LogP contribution in [0.1, 0.15) is 36.8 Å². The molecule has 0 unspecified atom stereocenters. The van der Waals surface area contributed by atoms with E-state index in [0.29, 0.717) is 17.7 Å². The average molecular weight is 449 g/mol. The van der Waals surface area contributed by atoms with E-state index in [1.54, 1.807) is 24.3 Å². The number of aromatic nitrogens is 2. The summed E-state index contributed by atoms with van der Waals surface area (Å²) in [4.78, 5) is 35.9. The summed E-state index contributed by atoms with van der Waals surface area (Å²) in [5, 5.41) is 11.0. The number of H-pyrrole nitrogens is 1. The fourth-order valence-electron chi connectivity index (χ4n) is 2.54. The largest absolute Gasteiger partial charge is 0.465 e. The molecule has 3 aromatic rings. The molecular weight excluding hydrogens is 434 g/mol. The van der Waals surface area contributed by atoms with Crippen LogP contribution in [0.4, 0.5) is 14.6 Å². The number of ether oxygens (including phenoxy) is 1. The number of nitrogens with zero attached hydrogens (tertiary/aromatic N) is 1. The van der Waals surface area contributed by atoms with Crippen LogP contribution in [0, 0.1) is 11.6 Å². The van der Waals surface area contributed by atoms with Crippen LogP contribution in [0.15, 0.2) is 42.5 Å². The lowest BCUT2D eigenvalue weighted by molar-refractivity contribution is 0.0600. The Hall–Kier alpha value is -3.79. The van der Waals surface area contributed by atoms with E-state index in [-0.39, 0.29) is 28.6 Å². The Kier molecular flexibility index (Phi) is 6.61. The average Bonchev–Trinajstić information content (AvgIpc) is 3.22. The van der Waals surface area contributed by atoms with E-state index in [0.717, 1.165) is 5.56 Å². The lowest BCUT2D eigenvalue weighted by atomic mass is 10.1. The topological polar surface area (TPSA) is 113 Å². The minimum absolute atomic E-state index is 0.0159. The van der Waals surface area contributed by atoms with Gasteiger partial charge in [-0.15, -0.1) is 0 Å². The summed E-state index contributed by atoms with van der Waals surface area (Å²) in [5.74, 6) is -4.16. The van der Waals surface area contributed by atoms with Crippen LogP contribution in [0.2, 0.25) is 5.02 Å². The monoisotopic (exact) mass is 448 g/mol. The van der Waals surface area contributed by atoms with Gasteiger partial charge in [-0.25, -0.2) is 13.6 Å². The van der Waals surface area contributed by atoms with Gasteiger partial charge in [0.1, 0.15) is 5.82 Å². The summed E-state index contributed by atoms with van der Waals surface area (Å²) < 4.78 is 31.1. The highest BCUT2D eigenvalue weighted by molar-refractivity contribution is 6.34. The smallest absolute Gasteiger partial charge is 0.337 e. The molecule has 1 heterocycles. The van der Waals surface area contributed by atoms with Crippen molar-refractivity contribution in [1.82, 2.24) is 15.5 Å². The van der Waals surface area contributed by atoms with Gasteiger partial charge in [0.15, 0.2) is 17.3 Å². The molecule has 0 atom stereocenters. The van der Waals surface area contributed by atoms with E-state index >= 15 is 0 Å². The second-order valence-corrected chi connectivity index (χ2v) is 6.65. The normalized spacial score (nSPS) is 10.5. The zero-order valence-corrected chi connectivity index (χ0v) is 16.7. The Balaban J connectivity index is 1.60. The molecule has 31 heavy (non-hydrogen) atoms. The molecule has 8 nitrogen and oxygen atoms in total. The van der Waals surface area contributed by atoms with Crippen molar-refractivity contribution in [3.8, 4) is 0 Å². The summed E-state index contributed by atoms with van der Waals surface area (Å²) in [7, 11) is 1.28. The minimum atomic E-state index is -1.22. The molecule has 160 valence electrons. The highest BCUT2D eigenvalue weighted by Gasteiger charge is 2.17. The van der Waals surface area contributed by atoms with Crippen LogP contribution in [0.25, 0.3) is 0 Å². The minimum Gasteiger partial charge on any atom is -0.465 e. The summed E-state index contributed by atoms with van der Waals surface area (Å²) in [6.45, 7) is 0.166. The number of esters is 1. The second kappa shape index (κ2) is 9.35. The zero-order valence-electron chi connectivity index (χ0n) is 16.0. The third-order valence-electron chi connectivity index (χ3n) is 4.14. The predicted octanol–water partition coefficient (Wildman–Crippen LogP) is 3.31. The van der Waals surface area contributed by atoms with Gasteiger partial charge in [-0.2, -0.15) is 5.10 Å². The van der Waals surface area contributed by atoms with E-state index in [4.69, 9.17) is 11.6 Å². The Morgan fingerprint density at radius 3 is 2.42 bits per heavy atom. The lowest BCUT2D eigenvalue weighted by Crippen LogP contribution is -2.23. The van der Waals surface area contributed by atoms with E-state index < -0.39 is 29.4 Å². The number of aromatic amines is 1. The van der Waals surface area contributed by atoms with E-state index in [1.165, 1.54) is 13.2 Å². The number of carbonyl (C=O) groups is 3. The van der Waals surface area contributed by atoms with Crippen LogP contribution in [-0.4, -0.2) is 35.1 Å². The maximum Gasteiger partial charge on any atom is 0.337 e. The van der Waals surface area contributed by atoms with Crippen LogP contribution < -0.4 is 10.6 Å². The number of rotatable bonds is 6. The Bertz CT molecular complexity index is 1150. The SMILES string of the molecule is COC(=O)c1ccc(CNC(=O)c2cc(NC(=O)c3cc(F)c(F)cc3Cl)[nH]n2)cc1. The van der Waals surface area contributed by atoms with Gasteiger partial charge in [-0.1, -0.05) is 23.7 Å². The molecule has 3 N–H and O–H groups in total. The maximum absolute atomic E-state index is 13.4. The quantitative estimate of drug-likeness (QED) is 0.395. The summed E-state index contributed by atoms with van der Waals surface area (Å²) >= 11 is 5.77. The van der Waals surface area contributed by atoms with Gasteiger partial charge in [0.25, 0.3) is 11.8 Å². The number of carbonyl (C=O) groups excluding carboxylic acids is 3. The molecule has 0 aliphatic carbocycles. The molecule has 0 saturated carbocycles. The van der Waals surface area contributed by atoms with Crippen molar-refractivity contribution >= 4 is 35.2 Å². The number of benzene rings is 2. The molecule has 0 aliphatic heterocycles. The number of anilines is 1. The molecule has 0 radical (unpaired) electrons.